The van der Waals surface area contributed by atoms with E-state index in [0.717, 1.165) is 19.4 Å². The standard InChI is InChI=1S/C9H15NO2/c1-3-7-5-4-6-10-8(7)9(11)12-2/h3,7-8,10H,1,4-6H2,2H3/t7-,8-/m1/s1. The van der Waals surface area contributed by atoms with E-state index >= 15 is 0 Å². The monoisotopic (exact) mass is 169 g/mol. The Hall–Kier alpha value is -0.830. The van der Waals surface area contributed by atoms with Gasteiger partial charge in [-0.1, -0.05) is 6.08 Å². The van der Waals surface area contributed by atoms with Crippen LogP contribution in [0.15, 0.2) is 12.7 Å². The first kappa shape index (κ1) is 9.26. The second-order valence-electron chi connectivity index (χ2n) is 3.00. The van der Waals surface area contributed by atoms with E-state index in [2.05, 4.69) is 16.6 Å². The predicted octanol–water partition coefficient (Wildman–Crippen LogP) is 0.714. The van der Waals surface area contributed by atoms with Gasteiger partial charge in [-0.2, -0.15) is 0 Å². The first-order valence-electron chi connectivity index (χ1n) is 4.23. The summed E-state index contributed by atoms with van der Waals surface area (Å²) in [5.41, 5.74) is 0. The van der Waals surface area contributed by atoms with Crippen molar-refractivity contribution in [2.24, 2.45) is 5.92 Å². The number of nitrogens with one attached hydrogen (secondary N) is 1. The molecule has 0 aromatic carbocycles. The van der Waals surface area contributed by atoms with Gasteiger partial charge >= 0.3 is 5.97 Å². The van der Waals surface area contributed by atoms with Gasteiger partial charge in [-0.15, -0.1) is 6.58 Å². The minimum absolute atomic E-state index is 0.179. The van der Waals surface area contributed by atoms with Crippen molar-refractivity contribution in [3.05, 3.63) is 12.7 Å². The number of hydrogen-bond acceptors (Lipinski definition) is 3. The fourth-order valence-electron chi connectivity index (χ4n) is 1.55. The molecule has 2 atom stereocenters. The van der Waals surface area contributed by atoms with E-state index in [1.54, 1.807) is 0 Å². The molecule has 3 nitrogen and oxygen atoms in total. The number of hydrogen-bond donors (Lipinski definition) is 1. The van der Waals surface area contributed by atoms with Crippen molar-refractivity contribution in [1.82, 2.24) is 5.32 Å². The second-order valence-corrected chi connectivity index (χ2v) is 3.00. The zero-order chi connectivity index (χ0) is 8.97. The van der Waals surface area contributed by atoms with Crippen LogP contribution in [0.1, 0.15) is 12.8 Å². The highest BCUT2D eigenvalue weighted by atomic mass is 16.5. The summed E-state index contributed by atoms with van der Waals surface area (Å²) in [5, 5.41) is 3.12. The third-order valence-corrected chi connectivity index (χ3v) is 2.26. The number of ether oxygens (including phenoxy) is 1. The second kappa shape index (κ2) is 4.26. The Morgan fingerprint density at radius 1 is 1.75 bits per heavy atom. The van der Waals surface area contributed by atoms with Gasteiger partial charge in [0.1, 0.15) is 6.04 Å². The van der Waals surface area contributed by atoms with Crippen LogP contribution < -0.4 is 5.32 Å². The lowest BCUT2D eigenvalue weighted by molar-refractivity contribution is -0.144. The summed E-state index contributed by atoms with van der Waals surface area (Å²) in [6.07, 6.45) is 3.95. The molecule has 0 saturated carbocycles. The zero-order valence-corrected chi connectivity index (χ0v) is 7.38. The number of rotatable bonds is 2. The van der Waals surface area contributed by atoms with Gasteiger partial charge in [-0.05, 0) is 19.4 Å². The Morgan fingerprint density at radius 2 is 2.50 bits per heavy atom. The molecule has 0 spiro atoms. The van der Waals surface area contributed by atoms with Crippen molar-refractivity contribution in [2.45, 2.75) is 18.9 Å². The van der Waals surface area contributed by atoms with Gasteiger partial charge in [-0.25, -0.2) is 0 Å². The molecule has 0 aliphatic carbocycles. The fraction of sp³-hybridized carbons (Fsp3) is 0.667. The summed E-state index contributed by atoms with van der Waals surface area (Å²) in [6.45, 7) is 4.60. The van der Waals surface area contributed by atoms with Crippen LogP contribution in [0.4, 0.5) is 0 Å². The molecule has 1 aliphatic rings. The van der Waals surface area contributed by atoms with Gasteiger partial charge in [0.2, 0.25) is 0 Å². The first-order valence-corrected chi connectivity index (χ1v) is 4.23. The van der Waals surface area contributed by atoms with Crippen LogP contribution in [0.2, 0.25) is 0 Å². The van der Waals surface area contributed by atoms with Crippen molar-refractivity contribution in [3.8, 4) is 0 Å². The van der Waals surface area contributed by atoms with E-state index in [1.807, 2.05) is 6.08 Å². The molecule has 0 bridgehead atoms. The van der Waals surface area contributed by atoms with Gasteiger partial charge in [0.15, 0.2) is 0 Å². The van der Waals surface area contributed by atoms with E-state index in [4.69, 9.17) is 0 Å². The van der Waals surface area contributed by atoms with Crippen LogP contribution in [0, 0.1) is 5.92 Å². The third kappa shape index (κ3) is 1.85. The smallest absolute Gasteiger partial charge is 0.323 e. The summed E-state index contributed by atoms with van der Waals surface area (Å²) in [4.78, 5) is 11.2. The zero-order valence-electron chi connectivity index (χ0n) is 7.38. The molecule has 0 amide bonds. The molecule has 1 heterocycles. The number of carbonyl (C=O) groups is 1. The van der Waals surface area contributed by atoms with E-state index in [9.17, 15) is 4.79 Å². The van der Waals surface area contributed by atoms with Crippen molar-refractivity contribution in [3.63, 3.8) is 0 Å². The molecule has 1 aliphatic heterocycles. The number of piperidine rings is 1. The van der Waals surface area contributed by atoms with Crippen molar-refractivity contribution in [2.75, 3.05) is 13.7 Å². The third-order valence-electron chi connectivity index (χ3n) is 2.26. The minimum Gasteiger partial charge on any atom is -0.468 e. The molecule has 1 saturated heterocycles. The number of esters is 1. The molecule has 12 heavy (non-hydrogen) atoms. The summed E-state index contributed by atoms with van der Waals surface area (Å²) in [7, 11) is 1.42. The molecule has 1 fully saturated rings. The number of carbonyl (C=O) groups excluding carboxylic acids is 1. The van der Waals surface area contributed by atoms with Crippen LogP contribution >= 0.6 is 0 Å². The van der Waals surface area contributed by atoms with Crippen molar-refractivity contribution in [1.29, 1.82) is 0 Å². The average molecular weight is 169 g/mol. The quantitative estimate of drug-likeness (QED) is 0.489. The highest BCUT2D eigenvalue weighted by Crippen LogP contribution is 2.17. The molecule has 0 unspecified atom stereocenters. The lowest BCUT2D eigenvalue weighted by atomic mass is 9.91. The lowest BCUT2D eigenvalue weighted by Crippen LogP contribution is -2.46. The molecule has 0 radical (unpaired) electrons. The van der Waals surface area contributed by atoms with Gasteiger partial charge in [0.05, 0.1) is 7.11 Å². The van der Waals surface area contributed by atoms with Crippen LogP contribution in [0.25, 0.3) is 0 Å². The fourth-order valence-corrected chi connectivity index (χ4v) is 1.55. The van der Waals surface area contributed by atoms with Crippen LogP contribution in [-0.2, 0) is 9.53 Å². The molecule has 0 aromatic rings. The Morgan fingerprint density at radius 3 is 3.08 bits per heavy atom. The predicted molar refractivity (Wildman–Crippen MR) is 46.7 cm³/mol. The van der Waals surface area contributed by atoms with Gasteiger partial charge in [0, 0.05) is 5.92 Å². The normalized spacial score (nSPS) is 29.4. The molecule has 1 N–H and O–H groups in total. The van der Waals surface area contributed by atoms with Crippen LogP contribution in [0.5, 0.6) is 0 Å². The highest BCUT2D eigenvalue weighted by molar-refractivity contribution is 5.76. The van der Waals surface area contributed by atoms with Gasteiger partial charge in [-0.3, -0.25) is 4.79 Å². The minimum atomic E-state index is -0.181. The molecular weight excluding hydrogens is 154 g/mol. The van der Waals surface area contributed by atoms with E-state index in [-0.39, 0.29) is 17.9 Å². The van der Waals surface area contributed by atoms with Crippen molar-refractivity contribution < 1.29 is 9.53 Å². The molecular formula is C9H15NO2. The maximum absolute atomic E-state index is 11.2. The highest BCUT2D eigenvalue weighted by Gasteiger charge is 2.28. The van der Waals surface area contributed by atoms with Gasteiger partial charge < -0.3 is 10.1 Å². The topological polar surface area (TPSA) is 38.3 Å². The van der Waals surface area contributed by atoms with E-state index in [1.165, 1.54) is 7.11 Å². The Labute approximate surface area is 72.8 Å². The SMILES string of the molecule is C=C[C@@H]1CCCN[C@H]1C(=O)OC. The van der Waals surface area contributed by atoms with E-state index < -0.39 is 0 Å². The van der Waals surface area contributed by atoms with Crippen LogP contribution in [0.3, 0.4) is 0 Å². The molecule has 0 aromatic heterocycles. The number of methoxy groups -OCH3 is 1. The molecule has 3 heteroatoms. The summed E-state index contributed by atoms with van der Waals surface area (Å²) < 4.78 is 4.67. The summed E-state index contributed by atoms with van der Waals surface area (Å²) >= 11 is 0. The maximum Gasteiger partial charge on any atom is 0.323 e. The van der Waals surface area contributed by atoms with Crippen molar-refractivity contribution >= 4 is 5.97 Å². The molecule has 1 rings (SSSR count). The maximum atomic E-state index is 11.2. The van der Waals surface area contributed by atoms with Gasteiger partial charge in [0.25, 0.3) is 0 Å². The first-order chi connectivity index (χ1) is 5.79. The lowest BCUT2D eigenvalue weighted by Gasteiger charge is -2.28. The average Bonchev–Trinajstić information content (AvgIpc) is 2.16. The Bertz CT molecular complexity index is 179. The summed E-state index contributed by atoms with van der Waals surface area (Å²) in [5.74, 6) is 0.0470. The van der Waals surface area contributed by atoms with Crippen LogP contribution in [-0.4, -0.2) is 25.7 Å². The Balaban J connectivity index is 2.58. The summed E-state index contributed by atoms with van der Waals surface area (Å²) in [6, 6.07) is -0.179. The Kier molecular flexibility index (Phi) is 3.29. The van der Waals surface area contributed by atoms with E-state index in [0.29, 0.717) is 0 Å². The largest absolute Gasteiger partial charge is 0.468 e. The molecule has 68 valence electrons.